The molecule has 0 spiro atoms. The smallest absolute Gasteiger partial charge is 0.232 e. The van der Waals surface area contributed by atoms with E-state index in [1.807, 2.05) is 47.6 Å². The summed E-state index contributed by atoms with van der Waals surface area (Å²) in [5.74, 6) is -0.0160. The lowest BCUT2D eigenvalue weighted by atomic mass is 9.87. The summed E-state index contributed by atoms with van der Waals surface area (Å²) in [6, 6.07) is 5.04. The zero-order valence-corrected chi connectivity index (χ0v) is 14.6. The van der Waals surface area contributed by atoms with Crippen LogP contribution in [0.15, 0.2) is 18.2 Å². The van der Waals surface area contributed by atoms with E-state index in [1.165, 1.54) is 6.07 Å². The summed E-state index contributed by atoms with van der Waals surface area (Å²) in [6.45, 7) is 12.1. The molecule has 0 atom stereocenters. The molecule has 4 nitrogen and oxygen atoms in total. The van der Waals surface area contributed by atoms with Gasteiger partial charge in [0.25, 0.3) is 0 Å². The molecule has 0 bridgehead atoms. The normalized spacial score (nSPS) is 13.2. The number of anilines is 1. The van der Waals surface area contributed by atoms with E-state index < -0.39 is 10.0 Å². The van der Waals surface area contributed by atoms with Gasteiger partial charge in [-0.2, -0.15) is 0 Å². The summed E-state index contributed by atoms with van der Waals surface area (Å²) < 4.78 is 26.8. The molecule has 1 aromatic carbocycles. The van der Waals surface area contributed by atoms with Crippen LogP contribution in [-0.2, 0) is 15.4 Å². The Morgan fingerprint density at radius 1 is 1.10 bits per heavy atom. The van der Waals surface area contributed by atoms with Crippen molar-refractivity contribution in [3.05, 3.63) is 23.8 Å². The van der Waals surface area contributed by atoms with Gasteiger partial charge in [0.1, 0.15) is 5.75 Å². The van der Waals surface area contributed by atoms with Crippen molar-refractivity contribution in [2.24, 2.45) is 5.41 Å². The van der Waals surface area contributed by atoms with E-state index >= 15 is 0 Å². The van der Waals surface area contributed by atoms with Gasteiger partial charge in [-0.3, -0.25) is 4.72 Å². The fourth-order valence-electron chi connectivity index (χ4n) is 1.74. The first kappa shape index (κ1) is 17.8. The van der Waals surface area contributed by atoms with Crippen molar-refractivity contribution >= 4 is 15.7 Å². The SMILES string of the molecule is CC(C)(C)CCS(=O)(=O)Nc1cc(C(C)(C)C)ccc1O. The van der Waals surface area contributed by atoms with E-state index in [0.29, 0.717) is 6.42 Å². The number of phenolic OH excluding ortho intramolecular Hbond substituents is 1. The Morgan fingerprint density at radius 2 is 1.67 bits per heavy atom. The molecular weight excluding hydrogens is 286 g/mol. The van der Waals surface area contributed by atoms with E-state index in [9.17, 15) is 13.5 Å². The summed E-state index contributed by atoms with van der Waals surface area (Å²) in [4.78, 5) is 0. The van der Waals surface area contributed by atoms with Crippen LogP contribution >= 0.6 is 0 Å². The molecule has 0 amide bonds. The molecule has 1 rings (SSSR count). The molecule has 0 aliphatic carbocycles. The zero-order valence-electron chi connectivity index (χ0n) is 13.8. The monoisotopic (exact) mass is 313 g/mol. The number of sulfonamides is 1. The third-order valence-electron chi connectivity index (χ3n) is 3.25. The molecule has 0 saturated carbocycles. The molecule has 120 valence electrons. The highest BCUT2D eigenvalue weighted by Crippen LogP contribution is 2.31. The first-order chi connectivity index (χ1) is 9.30. The topological polar surface area (TPSA) is 66.4 Å². The van der Waals surface area contributed by atoms with Crippen molar-refractivity contribution in [3.63, 3.8) is 0 Å². The number of rotatable bonds is 4. The second kappa shape index (κ2) is 5.87. The van der Waals surface area contributed by atoms with Gasteiger partial charge in [0.05, 0.1) is 11.4 Å². The molecule has 5 heteroatoms. The van der Waals surface area contributed by atoms with Crippen LogP contribution in [0.2, 0.25) is 0 Å². The van der Waals surface area contributed by atoms with Crippen molar-refractivity contribution < 1.29 is 13.5 Å². The Labute approximate surface area is 128 Å². The van der Waals surface area contributed by atoms with Crippen LogP contribution in [0.3, 0.4) is 0 Å². The molecule has 0 saturated heterocycles. The Morgan fingerprint density at radius 3 is 2.14 bits per heavy atom. The Bertz CT molecular complexity index is 593. The molecule has 2 N–H and O–H groups in total. The highest BCUT2D eigenvalue weighted by molar-refractivity contribution is 7.92. The predicted octanol–water partition coefficient (Wildman–Crippen LogP) is 3.87. The van der Waals surface area contributed by atoms with E-state index in [0.717, 1.165) is 5.56 Å². The standard InChI is InChI=1S/C16H27NO3S/c1-15(2,3)9-10-21(19,20)17-13-11-12(16(4,5)6)7-8-14(13)18/h7-8,11,17-18H,9-10H2,1-6H3. The zero-order chi connectivity index (χ0) is 16.5. The quantitative estimate of drug-likeness (QED) is 0.829. The third-order valence-corrected chi connectivity index (χ3v) is 4.52. The lowest BCUT2D eigenvalue weighted by Gasteiger charge is -2.21. The van der Waals surface area contributed by atoms with Crippen LogP contribution < -0.4 is 4.72 Å². The Hall–Kier alpha value is -1.23. The van der Waals surface area contributed by atoms with Crippen molar-refractivity contribution in [1.29, 1.82) is 0 Å². The molecular formula is C16H27NO3S. The van der Waals surface area contributed by atoms with Gasteiger partial charge in [0, 0.05) is 0 Å². The van der Waals surface area contributed by atoms with Gasteiger partial charge >= 0.3 is 0 Å². The van der Waals surface area contributed by atoms with Crippen LogP contribution in [-0.4, -0.2) is 19.3 Å². The summed E-state index contributed by atoms with van der Waals surface area (Å²) in [5.41, 5.74) is 1.05. The predicted molar refractivity (Wildman–Crippen MR) is 88.3 cm³/mol. The first-order valence-corrected chi connectivity index (χ1v) is 8.79. The molecule has 0 unspecified atom stereocenters. The average Bonchev–Trinajstić information content (AvgIpc) is 2.27. The fraction of sp³-hybridized carbons (Fsp3) is 0.625. The number of hydrogen-bond donors (Lipinski definition) is 2. The van der Waals surface area contributed by atoms with Gasteiger partial charge in [-0.25, -0.2) is 8.42 Å². The number of benzene rings is 1. The van der Waals surface area contributed by atoms with E-state index in [2.05, 4.69) is 4.72 Å². The summed E-state index contributed by atoms with van der Waals surface area (Å²) in [5, 5.41) is 9.87. The lowest BCUT2D eigenvalue weighted by molar-refractivity contribution is 0.397. The van der Waals surface area contributed by atoms with Crippen LogP contribution in [0.4, 0.5) is 5.69 Å². The second-order valence-electron chi connectivity index (χ2n) is 7.71. The van der Waals surface area contributed by atoms with Gasteiger partial charge in [0.2, 0.25) is 10.0 Å². The maximum absolute atomic E-state index is 12.1. The number of phenols is 1. The van der Waals surface area contributed by atoms with Crippen LogP contribution in [0.25, 0.3) is 0 Å². The van der Waals surface area contributed by atoms with Gasteiger partial charge in [-0.15, -0.1) is 0 Å². The van der Waals surface area contributed by atoms with E-state index in [4.69, 9.17) is 0 Å². The average molecular weight is 313 g/mol. The minimum absolute atomic E-state index is 0.0374. The van der Waals surface area contributed by atoms with Crippen molar-refractivity contribution in [2.75, 3.05) is 10.5 Å². The number of hydrogen-bond acceptors (Lipinski definition) is 3. The summed E-state index contributed by atoms with van der Waals surface area (Å²) in [7, 11) is -3.46. The molecule has 0 aliphatic rings. The Balaban J connectivity index is 2.97. The van der Waals surface area contributed by atoms with E-state index in [-0.39, 0.29) is 28.0 Å². The number of nitrogens with one attached hydrogen (secondary N) is 1. The van der Waals surface area contributed by atoms with Crippen LogP contribution in [0, 0.1) is 5.41 Å². The van der Waals surface area contributed by atoms with Crippen molar-refractivity contribution in [1.82, 2.24) is 0 Å². The molecule has 0 aromatic heterocycles. The van der Waals surface area contributed by atoms with Crippen LogP contribution in [0.1, 0.15) is 53.5 Å². The fourth-order valence-corrected chi connectivity index (χ4v) is 3.23. The Kier molecular flexibility index (Phi) is 4.98. The molecule has 0 radical (unpaired) electrons. The summed E-state index contributed by atoms with van der Waals surface area (Å²) in [6.07, 6.45) is 0.558. The van der Waals surface area contributed by atoms with E-state index in [1.54, 1.807) is 6.07 Å². The first-order valence-electron chi connectivity index (χ1n) is 7.14. The van der Waals surface area contributed by atoms with Gasteiger partial charge in [-0.1, -0.05) is 47.6 Å². The molecule has 0 heterocycles. The minimum atomic E-state index is -3.46. The van der Waals surface area contributed by atoms with Gasteiger partial charge in [0.15, 0.2) is 0 Å². The number of aromatic hydroxyl groups is 1. The van der Waals surface area contributed by atoms with Gasteiger partial charge in [-0.05, 0) is 34.9 Å². The molecule has 0 fully saturated rings. The molecule has 0 aliphatic heterocycles. The van der Waals surface area contributed by atoms with Crippen LogP contribution in [0.5, 0.6) is 5.75 Å². The summed E-state index contributed by atoms with van der Waals surface area (Å²) >= 11 is 0. The molecule has 1 aromatic rings. The highest BCUT2D eigenvalue weighted by Gasteiger charge is 2.20. The lowest BCUT2D eigenvalue weighted by Crippen LogP contribution is -2.21. The maximum Gasteiger partial charge on any atom is 0.232 e. The minimum Gasteiger partial charge on any atom is -0.506 e. The third kappa shape index (κ3) is 5.96. The highest BCUT2D eigenvalue weighted by atomic mass is 32.2. The second-order valence-corrected chi connectivity index (χ2v) is 9.56. The molecule has 21 heavy (non-hydrogen) atoms. The maximum atomic E-state index is 12.1. The van der Waals surface area contributed by atoms with Gasteiger partial charge < -0.3 is 5.11 Å². The van der Waals surface area contributed by atoms with Crippen molar-refractivity contribution in [3.8, 4) is 5.75 Å². The van der Waals surface area contributed by atoms with Crippen molar-refractivity contribution in [2.45, 2.75) is 53.4 Å². The largest absolute Gasteiger partial charge is 0.506 e.